The third kappa shape index (κ3) is 2.99. The molecule has 1 heterocycles. The maximum Gasteiger partial charge on any atom is 0.303 e. The Morgan fingerprint density at radius 3 is 2.75 bits per heavy atom. The van der Waals surface area contributed by atoms with Gasteiger partial charge in [0.05, 0.1) is 24.1 Å². The zero-order valence-electron chi connectivity index (χ0n) is 11.8. The molecule has 0 saturated heterocycles. The molecular weight excluding hydrogens is 256 g/mol. The van der Waals surface area contributed by atoms with Crippen molar-refractivity contribution >= 4 is 17.0 Å². The number of rotatable bonds is 6. The van der Waals surface area contributed by atoms with Gasteiger partial charge in [0.1, 0.15) is 5.82 Å². The molecular formula is C15H20N2O3. The van der Waals surface area contributed by atoms with Crippen molar-refractivity contribution in [3.8, 4) is 0 Å². The van der Waals surface area contributed by atoms with Gasteiger partial charge in [-0.2, -0.15) is 0 Å². The molecule has 0 spiro atoms. The summed E-state index contributed by atoms with van der Waals surface area (Å²) in [6.07, 6.45) is 0.423. The molecule has 2 rings (SSSR count). The fourth-order valence-corrected chi connectivity index (χ4v) is 2.31. The molecule has 2 aromatic rings. The smallest absolute Gasteiger partial charge is 0.303 e. The summed E-state index contributed by atoms with van der Waals surface area (Å²) in [5.74, 6) is 0.303. The first-order valence-corrected chi connectivity index (χ1v) is 6.84. The van der Waals surface area contributed by atoms with Crippen LogP contribution in [0, 0.1) is 0 Å². The van der Waals surface area contributed by atoms with Crippen molar-refractivity contribution in [1.29, 1.82) is 0 Å². The van der Waals surface area contributed by atoms with Crippen LogP contribution < -0.4 is 0 Å². The van der Waals surface area contributed by atoms with E-state index in [4.69, 9.17) is 5.11 Å². The zero-order valence-corrected chi connectivity index (χ0v) is 11.8. The molecule has 0 aliphatic carbocycles. The van der Waals surface area contributed by atoms with E-state index in [-0.39, 0.29) is 13.0 Å². The van der Waals surface area contributed by atoms with Gasteiger partial charge in [-0.05, 0) is 23.6 Å². The number of imidazole rings is 1. The minimum absolute atomic E-state index is 0.0114. The first kappa shape index (κ1) is 14.5. The van der Waals surface area contributed by atoms with Gasteiger partial charge in [0.15, 0.2) is 0 Å². The van der Waals surface area contributed by atoms with Crippen LogP contribution in [0.1, 0.15) is 37.6 Å². The van der Waals surface area contributed by atoms with Crippen molar-refractivity contribution in [2.24, 2.45) is 0 Å². The summed E-state index contributed by atoms with van der Waals surface area (Å²) in [6, 6.07) is 6.10. The standard InChI is InChI=1S/C15H20N2O3/c1-10(2)11-3-4-13-12(9-11)16-14(5-6-15(19)20)17(13)7-8-18/h3-4,9-10,18H,5-8H2,1-2H3,(H,19,20). The number of aliphatic hydroxyl groups excluding tert-OH is 1. The van der Waals surface area contributed by atoms with E-state index >= 15 is 0 Å². The van der Waals surface area contributed by atoms with E-state index in [1.54, 1.807) is 0 Å². The van der Waals surface area contributed by atoms with Crippen molar-refractivity contribution in [1.82, 2.24) is 9.55 Å². The lowest BCUT2D eigenvalue weighted by Gasteiger charge is -2.07. The Kier molecular flexibility index (Phi) is 4.39. The molecule has 0 aliphatic heterocycles. The summed E-state index contributed by atoms with van der Waals surface area (Å²) in [5, 5.41) is 18.0. The van der Waals surface area contributed by atoms with Crippen LogP contribution in [0.3, 0.4) is 0 Å². The number of benzene rings is 1. The first-order chi connectivity index (χ1) is 9.52. The second kappa shape index (κ2) is 6.05. The number of aromatic nitrogens is 2. The molecule has 5 nitrogen and oxygen atoms in total. The molecule has 0 fully saturated rings. The third-order valence-corrected chi connectivity index (χ3v) is 3.40. The number of hydrogen-bond donors (Lipinski definition) is 2. The molecule has 5 heteroatoms. The third-order valence-electron chi connectivity index (χ3n) is 3.40. The van der Waals surface area contributed by atoms with E-state index in [0.29, 0.717) is 18.9 Å². The van der Waals surface area contributed by atoms with Crippen LogP contribution in [0.25, 0.3) is 11.0 Å². The van der Waals surface area contributed by atoms with Gasteiger partial charge < -0.3 is 14.8 Å². The van der Waals surface area contributed by atoms with Crippen LogP contribution in [0.2, 0.25) is 0 Å². The lowest BCUT2D eigenvalue weighted by molar-refractivity contribution is -0.137. The predicted octanol–water partition coefficient (Wildman–Crippen LogP) is 2.17. The quantitative estimate of drug-likeness (QED) is 0.848. The Morgan fingerprint density at radius 1 is 1.40 bits per heavy atom. The van der Waals surface area contributed by atoms with Crippen LogP contribution in [0.15, 0.2) is 18.2 Å². The summed E-state index contributed by atoms with van der Waals surface area (Å²) < 4.78 is 1.91. The van der Waals surface area contributed by atoms with Crippen LogP contribution in [-0.4, -0.2) is 32.3 Å². The second-order valence-electron chi connectivity index (χ2n) is 5.20. The fourth-order valence-electron chi connectivity index (χ4n) is 2.31. The Labute approximate surface area is 117 Å². The maximum absolute atomic E-state index is 10.7. The van der Waals surface area contributed by atoms with E-state index in [2.05, 4.69) is 24.9 Å². The minimum Gasteiger partial charge on any atom is -0.481 e. The van der Waals surface area contributed by atoms with E-state index in [0.717, 1.165) is 16.9 Å². The summed E-state index contributed by atoms with van der Waals surface area (Å²) in [4.78, 5) is 15.2. The SMILES string of the molecule is CC(C)c1ccc2c(c1)nc(CCC(=O)O)n2CCO. The minimum atomic E-state index is -0.838. The number of aryl methyl sites for hydroxylation is 1. The normalized spacial score (nSPS) is 11.4. The highest BCUT2D eigenvalue weighted by Crippen LogP contribution is 2.23. The molecule has 20 heavy (non-hydrogen) atoms. The van der Waals surface area contributed by atoms with E-state index < -0.39 is 5.97 Å². The number of carboxylic acids is 1. The van der Waals surface area contributed by atoms with Gasteiger partial charge in [-0.1, -0.05) is 19.9 Å². The van der Waals surface area contributed by atoms with Crippen LogP contribution >= 0.6 is 0 Å². The maximum atomic E-state index is 10.7. The molecule has 2 N–H and O–H groups in total. The molecule has 1 aromatic heterocycles. The van der Waals surface area contributed by atoms with E-state index in [1.165, 1.54) is 5.56 Å². The molecule has 0 bridgehead atoms. The topological polar surface area (TPSA) is 75.3 Å². The monoisotopic (exact) mass is 276 g/mol. The van der Waals surface area contributed by atoms with E-state index in [1.807, 2.05) is 16.7 Å². The number of aliphatic carboxylic acids is 1. The Morgan fingerprint density at radius 2 is 2.15 bits per heavy atom. The summed E-state index contributed by atoms with van der Waals surface area (Å²) in [6.45, 7) is 4.69. The van der Waals surface area contributed by atoms with Gasteiger partial charge >= 0.3 is 5.97 Å². The zero-order chi connectivity index (χ0) is 14.7. The summed E-state index contributed by atoms with van der Waals surface area (Å²) in [7, 11) is 0. The first-order valence-electron chi connectivity index (χ1n) is 6.84. The van der Waals surface area contributed by atoms with Gasteiger partial charge in [0.25, 0.3) is 0 Å². The Bertz CT molecular complexity index is 617. The average molecular weight is 276 g/mol. The number of hydrogen-bond acceptors (Lipinski definition) is 3. The Balaban J connectivity index is 2.44. The highest BCUT2D eigenvalue weighted by molar-refractivity contribution is 5.77. The van der Waals surface area contributed by atoms with Crippen molar-refractivity contribution in [2.75, 3.05) is 6.61 Å². The lowest BCUT2D eigenvalue weighted by Crippen LogP contribution is -2.09. The number of carboxylic acid groups (broad SMARTS) is 1. The average Bonchev–Trinajstić information content (AvgIpc) is 2.74. The molecule has 1 aromatic carbocycles. The van der Waals surface area contributed by atoms with Gasteiger partial charge in [-0.15, -0.1) is 0 Å². The summed E-state index contributed by atoms with van der Waals surface area (Å²) >= 11 is 0. The molecule has 0 amide bonds. The second-order valence-corrected chi connectivity index (χ2v) is 5.20. The molecule has 0 saturated carbocycles. The molecule has 0 atom stereocenters. The lowest BCUT2D eigenvalue weighted by atomic mass is 10.0. The Hall–Kier alpha value is -1.88. The number of nitrogens with zero attached hydrogens (tertiary/aromatic N) is 2. The van der Waals surface area contributed by atoms with E-state index in [9.17, 15) is 9.90 Å². The van der Waals surface area contributed by atoms with Crippen molar-refractivity contribution < 1.29 is 15.0 Å². The highest BCUT2D eigenvalue weighted by atomic mass is 16.4. The molecule has 0 aliphatic rings. The van der Waals surface area contributed by atoms with Crippen molar-refractivity contribution in [3.63, 3.8) is 0 Å². The molecule has 0 radical (unpaired) electrons. The fraction of sp³-hybridized carbons (Fsp3) is 0.467. The summed E-state index contributed by atoms with van der Waals surface area (Å²) in [5.41, 5.74) is 3.02. The van der Waals surface area contributed by atoms with Gasteiger partial charge in [-0.25, -0.2) is 4.98 Å². The van der Waals surface area contributed by atoms with Crippen LogP contribution in [0.4, 0.5) is 0 Å². The van der Waals surface area contributed by atoms with Gasteiger partial charge in [0, 0.05) is 13.0 Å². The van der Waals surface area contributed by atoms with Crippen LogP contribution in [0.5, 0.6) is 0 Å². The number of fused-ring (bicyclic) bond motifs is 1. The van der Waals surface area contributed by atoms with Crippen molar-refractivity contribution in [3.05, 3.63) is 29.6 Å². The highest BCUT2D eigenvalue weighted by Gasteiger charge is 2.12. The van der Waals surface area contributed by atoms with Gasteiger partial charge in [0.2, 0.25) is 0 Å². The number of carbonyl (C=O) groups is 1. The van der Waals surface area contributed by atoms with Gasteiger partial charge in [-0.3, -0.25) is 4.79 Å². The predicted molar refractivity (Wildman–Crippen MR) is 76.9 cm³/mol. The van der Waals surface area contributed by atoms with Crippen LogP contribution in [-0.2, 0) is 17.8 Å². The number of aliphatic hydroxyl groups is 1. The molecule has 108 valence electrons. The largest absolute Gasteiger partial charge is 0.481 e. The molecule has 0 unspecified atom stereocenters. The van der Waals surface area contributed by atoms with Crippen molar-refractivity contribution in [2.45, 2.75) is 39.2 Å².